The van der Waals surface area contributed by atoms with Crippen LogP contribution in [0.25, 0.3) is 0 Å². The van der Waals surface area contributed by atoms with Crippen molar-refractivity contribution in [3.05, 3.63) is 19.2 Å². The zero-order valence-electron chi connectivity index (χ0n) is 11.0. The van der Waals surface area contributed by atoms with E-state index in [0.29, 0.717) is 4.88 Å². The Morgan fingerprint density at radius 2 is 1.95 bits per heavy atom. The fourth-order valence-corrected chi connectivity index (χ4v) is 3.11. The molecule has 1 N–H and O–H groups in total. The Hall–Kier alpha value is -0.400. The van der Waals surface area contributed by atoms with Crippen molar-refractivity contribution in [3.8, 4) is 0 Å². The van der Waals surface area contributed by atoms with Crippen LogP contribution < -0.4 is 5.32 Å². The van der Waals surface area contributed by atoms with E-state index in [9.17, 15) is 9.59 Å². The molecular weight excluding hydrogens is 398 g/mol. The highest BCUT2D eigenvalue weighted by atomic mass is 79.9. The second-order valence-corrected chi connectivity index (χ2v) is 8.19. The smallest absolute Gasteiger partial charge is 0.328 e. The summed E-state index contributed by atoms with van der Waals surface area (Å²) in [7, 11) is 0. The van der Waals surface area contributed by atoms with Crippen LogP contribution in [0.4, 0.5) is 0 Å². The third kappa shape index (κ3) is 5.24. The van der Waals surface area contributed by atoms with Crippen molar-refractivity contribution < 1.29 is 14.3 Å². The van der Waals surface area contributed by atoms with Gasteiger partial charge in [-0.2, -0.15) is 0 Å². The molecule has 0 bridgehead atoms. The van der Waals surface area contributed by atoms with E-state index in [1.54, 1.807) is 33.8 Å². The molecular formula is C12H15Br2NO3S. The maximum atomic E-state index is 11.9. The lowest BCUT2D eigenvalue weighted by Gasteiger charge is -2.22. The second kappa shape index (κ2) is 6.37. The maximum Gasteiger partial charge on any atom is 0.328 e. The Bertz CT molecular complexity index is 474. The molecule has 1 aromatic heterocycles. The number of amides is 1. The SMILES string of the molecule is C[C@@H](NC(=O)c1cc(Br)c(Br)s1)C(=O)OC(C)(C)C. The molecule has 1 atom stereocenters. The van der Waals surface area contributed by atoms with Crippen LogP contribution in [-0.4, -0.2) is 23.5 Å². The average Bonchev–Trinajstić information content (AvgIpc) is 2.56. The standard InChI is InChI=1S/C12H15Br2NO3S/c1-6(11(17)18-12(2,3)4)15-10(16)8-5-7(13)9(14)19-8/h5-6H,1-4H3,(H,15,16)/t6-/m1/s1. The molecule has 4 nitrogen and oxygen atoms in total. The molecule has 0 aromatic carbocycles. The lowest BCUT2D eigenvalue weighted by molar-refractivity contribution is -0.156. The number of carbonyl (C=O) groups is 2. The molecule has 0 saturated carbocycles. The van der Waals surface area contributed by atoms with Crippen LogP contribution in [0.2, 0.25) is 0 Å². The van der Waals surface area contributed by atoms with Gasteiger partial charge in [-0.25, -0.2) is 4.79 Å². The fraction of sp³-hybridized carbons (Fsp3) is 0.500. The number of hydrogen-bond acceptors (Lipinski definition) is 4. The molecule has 19 heavy (non-hydrogen) atoms. The predicted octanol–water partition coefficient (Wildman–Crippen LogP) is 3.73. The first-order valence-corrected chi connectivity index (χ1v) is 7.99. The van der Waals surface area contributed by atoms with Gasteiger partial charge in [0, 0.05) is 4.47 Å². The summed E-state index contributed by atoms with van der Waals surface area (Å²) in [6.45, 7) is 6.95. The topological polar surface area (TPSA) is 55.4 Å². The highest BCUT2D eigenvalue weighted by Crippen LogP contribution is 2.32. The van der Waals surface area contributed by atoms with Crippen molar-refractivity contribution in [2.24, 2.45) is 0 Å². The Morgan fingerprint density at radius 1 is 1.37 bits per heavy atom. The molecule has 1 amide bonds. The van der Waals surface area contributed by atoms with Crippen molar-refractivity contribution in [2.75, 3.05) is 0 Å². The molecule has 0 aliphatic rings. The van der Waals surface area contributed by atoms with Gasteiger partial charge in [0.1, 0.15) is 11.6 Å². The van der Waals surface area contributed by atoms with Gasteiger partial charge in [0.25, 0.3) is 5.91 Å². The summed E-state index contributed by atoms with van der Waals surface area (Å²) in [6, 6.07) is 1.01. The third-order valence-corrected chi connectivity index (χ3v) is 5.23. The Morgan fingerprint density at radius 3 is 2.37 bits per heavy atom. The van der Waals surface area contributed by atoms with Crippen LogP contribution in [0.3, 0.4) is 0 Å². The van der Waals surface area contributed by atoms with E-state index in [1.165, 1.54) is 11.3 Å². The van der Waals surface area contributed by atoms with Gasteiger partial charge in [0.15, 0.2) is 0 Å². The molecule has 0 spiro atoms. The van der Waals surface area contributed by atoms with Crippen LogP contribution in [0.1, 0.15) is 37.4 Å². The van der Waals surface area contributed by atoms with E-state index in [2.05, 4.69) is 37.2 Å². The average molecular weight is 413 g/mol. The number of thiophene rings is 1. The number of nitrogens with one attached hydrogen (secondary N) is 1. The predicted molar refractivity (Wildman–Crippen MR) is 82.5 cm³/mol. The second-order valence-electron chi connectivity index (χ2n) is 4.96. The molecule has 1 rings (SSSR count). The highest BCUT2D eigenvalue weighted by Gasteiger charge is 2.24. The van der Waals surface area contributed by atoms with Crippen molar-refractivity contribution in [3.63, 3.8) is 0 Å². The van der Waals surface area contributed by atoms with Gasteiger partial charge in [-0.15, -0.1) is 11.3 Å². The van der Waals surface area contributed by atoms with Gasteiger partial charge in [-0.05, 0) is 65.6 Å². The lowest BCUT2D eigenvalue weighted by Crippen LogP contribution is -2.42. The molecule has 0 fully saturated rings. The lowest BCUT2D eigenvalue weighted by atomic mass is 10.2. The van der Waals surface area contributed by atoms with Gasteiger partial charge in [-0.1, -0.05) is 0 Å². The number of hydrogen-bond donors (Lipinski definition) is 1. The summed E-state index contributed by atoms with van der Waals surface area (Å²) in [5, 5.41) is 2.61. The molecule has 0 saturated heterocycles. The van der Waals surface area contributed by atoms with Crippen molar-refractivity contribution in [1.29, 1.82) is 0 Å². The summed E-state index contributed by atoms with van der Waals surface area (Å²) in [6.07, 6.45) is 0. The minimum atomic E-state index is -0.689. The molecule has 7 heteroatoms. The summed E-state index contributed by atoms with van der Waals surface area (Å²) >= 11 is 7.93. The minimum absolute atomic E-state index is 0.297. The number of ether oxygens (including phenoxy) is 1. The van der Waals surface area contributed by atoms with Crippen molar-refractivity contribution in [1.82, 2.24) is 5.32 Å². The molecule has 1 aromatic rings. The van der Waals surface area contributed by atoms with E-state index in [1.807, 2.05) is 0 Å². The third-order valence-electron chi connectivity index (χ3n) is 1.98. The van der Waals surface area contributed by atoms with Crippen molar-refractivity contribution >= 4 is 55.1 Å². The van der Waals surface area contributed by atoms with E-state index in [4.69, 9.17) is 4.74 Å². The fourth-order valence-electron chi connectivity index (χ4n) is 1.18. The zero-order valence-corrected chi connectivity index (χ0v) is 15.0. The monoisotopic (exact) mass is 411 g/mol. The van der Waals surface area contributed by atoms with Crippen LogP contribution in [0, 0.1) is 0 Å². The van der Waals surface area contributed by atoms with Gasteiger partial charge >= 0.3 is 5.97 Å². The van der Waals surface area contributed by atoms with Gasteiger partial charge in [0.2, 0.25) is 0 Å². The molecule has 0 aliphatic carbocycles. The number of halogens is 2. The quantitative estimate of drug-likeness (QED) is 0.769. The van der Waals surface area contributed by atoms with E-state index >= 15 is 0 Å². The highest BCUT2D eigenvalue weighted by molar-refractivity contribution is 9.13. The number of esters is 1. The van der Waals surface area contributed by atoms with Gasteiger partial charge in [-0.3, -0.25) is 4.79 Å². The molecule has 0 unspecified atom stereocenters. The van der Waals surface area contributed by atoms with Crippen LogP contribution in [0.15, 0.2) is 14.3 Å². The van der Waals surface area contributed by atoms with Crippen LogP contribution >= 0.6 is 43.2 Å². The summed E-state index contributed by atoms with van der Waals surface area (Å²) in [5.41, 5.74) is -0.564. The summed E-state index contributed by atoms with van der Waals surface area (Å²) in [4.78, 5) is 24.2. The number of carbonyl (C=O) groups excluding carboxylic acids is 2. The van der Waals surface area contributed by atoms with E-state index in [-0.39, 0.29) is 5.91 Å². The summed E-state index contributed by atoms with van der Waals surface area (Å²) in [5.74, 6) is -0.745. The first-order valence-electron chi connectivity index (χ1n) is 5.58. The normalized spacial score (nSPS) is 12.9. The first-order chi connectivity index (χ1) is 8.60. The summed E-state index contributed by atoms with van der Waals surface area (Å²) < 4.78 is 6.84. The van der Waals surface area contributed by atoms with Gasteiger partial charge in [0.05, 0.1) is 8.66 Å². The first kappa shape index (κ1) is 16.7. The Labute approximate surface area is 133 Å². The number of rotatable bonds is 3. The Balaban J connectivity index is 2.64. The van der Waals surface area contributed by atoms with Crippen LogP contribution in [0.5, 0.6) is 0 Å². The molecule has 106 valence electrons. The van der Waals surface area contributed by atoms with E-state index in [0.717, 1.165) is 8.26 Å². The van der Waals surface area contributed by atoms with Crippen LogP contribution in [-0.2, 0) is 9.53 Å². The molecule has 0 aliphatic heterocycles. The maximum absolute atomic E-state index is 11.9. The van der Waals surface area contributed by atoms with Crippen molar-refractivity contribution in [2.45, 2.75) is 39.3 Å². The Kier molecular flexibility index (Phi) is 5.58. The van der Waals surface area contributed by atoms with Gasteiger partial charge < -0.3 is 10.1 Å². The zero-order chi connectivity index (χ0) is 14.8. The van der Waals surface area contributed by atoms with E-state index < -0.39 is 17.6 Å². The molecule has 1 heterocycles. The molecule has 0 radical (unpaired) electrons. The minimum Gasteiger partial charge on any atom is -0.458 e. The largest absolute Gasteiger partial charge is 0.458 e.